The molecule has 10 heteroatoms. The fourth-order valence-corrected chi connectivity index (χ4v) is 4.89. The van der Waals surface area contributed by atoms with Crippen molar-refractivity contribution in [1.82, 2.24) is 10.2 Å². The van der Waals surface area contributed by atoms with Crippen molar-refractivity contribution in [1.29, 1.82) is 0 Å². The number of nitrogens with one attached hydrogen (secondary N) is 3. The van der Waals surface area contributed by atoms with Crippen molar-refractivity contribution in [3.63, 3.8) is 0 Å². The molecular weight excluding hydrogens is 546 g/mol. The van der Waals surface area contributed by atoms with Gasteiger partial charge in [-0.3, -0.25) is 19.2 Å². The molecule has 0 unspecified atom stereocenters. The van der Waals surface area contributed by atoms with Gasteiger partial charge in [-0.15, -0.1) is 0 Å². The number of fused-ring (bicyclic) bond motifs is 1. The molecule has 5 rings (SSSR count). The van der Waals surface area contributed by atoms with Crippen molar-refractivity contribution in [2.24, 2.45) is 5.73 Å². The van der Waals surface area contributed by atoms with Crippen LogP contribution in [0.5, 0.6) is 5.75 Å². The normalized spacial score (nSPS) is 13.7. The molecule has 1 aliphatic carbocycles. The van der Waals surface area contributed by atoms with Gasteiger partial charge < -0.3 is 31.3 Å². The smallest absolute Gasteiger partial charge is 0.262 e. The molecule has 224 valence electrons. The molecule has 0 radical (unpaired) electrons. The number of rotatable bonds is 13. The molecular formula is C33H37N5O5. The summed E-state index contributed by atoms with van der Waals surface area (Å²) in [5.41, 5.74) is 9.58. The van der Waals surface area contributed by atoms with E-state index in [1.807, 2.05) is 41.3 Å². The number of hydrogen-bond acceptors (Lipinski definition) is 6. The molecule has 4 amide bonds. The van der Waals surface area contributed by atoms with Crippen LogP contribution in [0.3, 0.4) is 0 Å². The van der Waals surface area contributed by atoms with E-state index in [4.69, 9.17) is 10.5 Å². The highest BCUT2D eigenvalue weighted by molar-refractivity contribution is 6.04. The van der Waals surface area contributed by atoms with Crippen molar-refractivity contribution in [2.75, 3.05) is 23.8 Å². The number of unbranched alkanes of at least 4 members (excludes halogenated alkanes) is 2. The summed E-state index contributed by atoms with van der Waals surface area (Å²) in [7, 11) is 0. The van der Waals surface area contributed by atoms with Crippen LogP contribution in [0.1, 0.15) is 70.4 Å². The second-order valence-corrected chi connectivity index (χ2v) is 10.9. The lowest BCUT2D eigenvalue weighted by Gasteiger charge is -2.24. The number of carbonyl (C=O) groups is 4. The van der Waals surface area contributed by atoms with Gasteiger partial charge in [0.25, 0.3) is 17.7 Å². The van der Waals surface area contributed by atoms with E-state index >= 15 is 0 Å². The van der Waals surface area contributed by atoms with E-state index < -0.39 is 0 Å². The zero-order valence-electron chi connectivity index (χ0n) is 24.1. The van der Waals surface area contributed by atoms with Crippen LogP contribution in [-0.2, 0) is 22.7 Å². The summed E-state index contributed by atoms with van der Waals surface area (Å²) in [5.74, 6) is -0.0435. The molecule has 10 nitrogen and oxygen atoms in total. The van der Waals surface area contributed by atoms with Crippen LogP contribution in [-0.4, -0.2) is 47.7 Å². The SMILES string of the molecule is NCCCCCC(=O)NCc1ccc(NC(=O)c2ccc(CN(C(=O)c3ccc4c(c3)OCC(=O)N4)C3CC3)cc2)cc1. The predicted octanol–water partition coefficient (Wildman–Crippen LogP) is 4.21. The van der Waals surface area contributed by atoms with E-state index in [2.05, 4.69) is 16.0 Å². The Morgan fingerprint density at radius 2 is 1.63 bits per heavy atom. The van der Waals surface area contributed by atoms with Gasteiger partial charge in [-0.05, 0) is 85.8 Å². The minimum Gasteiger partial charge on any atom is -0.482 e. The van der Waals surface area contributed by atoms with Gasteiger partial charge in [-0.25, -0.2) is 0 Å². The maximum Gasteiger partial charge on any atom is 0.262 e. The third kappa shape index (κ3) is 8.20. The van der Waals surface area contributed by atoms with Crippen molar-refractivity contribution in [3.8, 4) is 5.75 Å². The van der Waals surface area contributed by atoms with Crippen LogP contribution in [0, 0.1) is 0 Å². The van der Waals surface area contributed by atoms with Crippen molar-refractivity contribution in [2.45, 2.75) is 57.7 Å². The number of anilines is 2. The highest BCUT2D eigenvalue weighted by Gasteiger charge is 2.33. The summed E-state index contributed by atoms with van der Waals surface area (Å²) in [5, 5.41) is 8.57. The molecule has 0 bridgehead atoms. The van der Waals surface area contributed by atoms with Crippen LogP contribution in [0.2, 0.25) is 0 Å². The molecule has 43 heavy (non-hydrogen) atoms. The largest absolute Gasteiger partial charge is 0.482 e. The molecule has 0 atom stereocenters. The average Bonchev–Trinajstić information content (AvgIpc) is 3.87. The van der Waals surface area contributed by atoms with Crippen LogP contribution in [0.25, 0.3) is 0 Å². The van der Waals surface area contributed by atoms with E-state index in [0.717, 1.165) is 43.2 Å². The molecule has 2 aliphatic rings. The van der Waals surface area contributed by atoms with E-state index in [-0.39, 0.29) is 36.3 Å². The Balaban J connectivity index is 1.13. The van der Waals surface area contributed by atoms with Crippen LogP contribution in [0.15, 0.2) is 66.7 Å². The van der Waals surface area contributed by atoms with Gasteiger partial charge in [-0.1, -0.05) is 30.7 Å². The highest BCUT2D eigenvalue weighted by atomic mass is 16.5. The zero-order chi connectivity index (χ0) is 30.2. The molecule has 5 N–H and O–H groups in total. The minimum atomic E-state index is -0.235. The fraction of sp³-hybridized carbons (Fsp3) is 0.333. The first kappa shape index (κ1) is 29.8. The molecule has 3 aromatic carbocycles. The summed E-state index contributed by atoms with van der Waals surface area (Å²) in [6.07, 6.45) is 5.11. The molecule has 1 saturated carbocycles. The summed E-state index contributed by atoms with van der Waals surface area (Å²) in [6.45, 7) is 1.43. The summed E-state index contributed by atoms with van der Waals surface area (Å²) < 4.78 is 5.48. The number of ether oxygens (including phenoxy) is 1. The van der Waals surface area contributed by atoms with Crippen LogP contribution in [0.4, 0.5) is 11.4 Å². The van der Waals surface area contributed by atoms with Gasteiger partial charge in [0, 0.05) is 42.4 Å². The average molecular weight is 584 g/mol. The monoisotopic (exact) mass is 583 g/mol. The lowest BCUT2D eigenvalue weighted by Crippen LogP contribution is -2.33. The van der Waals surface area contributed by atoms with E-state index in [1.54, 1.807) is 30.3 Å². The Morgan fingerprint density at radius 1 is 0.907 bits per heavy atom. The van der Waals surface area contributed by atoms with Crippen molar-refractivity contribution in [3.05, 3.63) is 89.0 Å². The zero-order valence-corrected chi connectivity index (χ0v) is 24.1. The quantitative estimate of drug-likeness (QED) is 0.222. The number of nitrogens with two attached hydrogens (primary N) is 1. The molecule has 3 aromatic rings. The van der Waals surface area contributed by atoms with Crippen molar-refractivity contribution < 1.29 is 23.9 Å². The van der Waals surface area contributed by atoms with Gasteiger partial charge in [0.15, 0.2) is 6.61 Å². The minimum absolute atomic E-state index is 0.0203. The van der Waals surface area contributed by atoms with Crippen molar-refractivity contribution >= 4 is 35.0 Å². The lowest BCUT2D eigenvalue weighted by atomic mass is 10.1. The van der Waals surface area contributed by atoms with E-state index in [9.17, 15) is 19.2 Å². The Morgan fingerprint density at radius 3 is 2.35 bits per heavy atom. The maximum absolute atomic E-state index is 13.4. The van der Waals surface area contributed by atoms with Gasteiger partial charge >= 0.3 is 0 Å². The van der Waals surface area contributed by atoms with Gasteiger partial charge in [-0.2, -0.15) is 0 Å². The molecule has 0 aromatic heterocycles. The summed E-state index contributed by atoms with van der Waals surface area (Å²) in [4.78, 5) is 51.7. The second-order valence-electron chi connectivity index (χ2n) is 10.9. The third-order valence-corrected chi connectivity index (χ3v) is 7.49. The predicted molar refractivity (Wildman–Crippen MR) is 164 cm³/mol. The number of amides is 4. The maximum atomic E-state index is 13.4. The highest BCUT2D eigenvalue weighted by Crippen LogP contribution is 2.33. The van der Waals surface area contributed by atoms with Crippen LogP contribution < -0.4 is 26.4 Å². The number of nitrogens with zero attached hydrogens (tertiary/aromatic N) is 1. The van der Waals surface area contributed by atoms with Gasteiger partial charge in [0.1, 0.15) is 5.75 Å². The van der Waals surface area contributed by atoms with E-state index in [0.29, 0.717) is 54.3 Å². The second kappa shape index (κ2) is 14.0. The number of carbonyl (C=O) groups excluding carboxylic acids is 4. The molecule has 0 saturated heterocycles. The van der Waals surface area contributed by atoms with Gasteiger partial charge in [0.2, 0.25) is 5.91 Å². The molecule has 0 spiro atoms. The van der Waals surface area contributed by atoms with Gasteiger partial charge in [0.05, 0.1) is 5.69 Å². The first-order chi connectivity index (χ1) is 20.9. The topological polar surface area (TPSA) is 143 Å². The third-order valence-electron chi connectivity index (χ3n) is 7.49. The Kier molecular flexibility index (Phi) is 9.68. The first-order valence-corrected chi connectivity index (χ1v) is 14.7. The standard InChI is InChI=1S/C33H37N5O5/c34-17-3-1-2-4-30(39)35-19-22-7-12-26(13-8-22)36-32(41)24-9-5-23(6-10-24)20-38(27-14-15-27)33(42)25-11-16-28-29(18-25)43-21-31(40)37-28/h5-13,16,18,27H,1-4,14-15,17,19-21,34H2,(H,35,39)(H,36,41)(H,37,40). The first-order valence-electron chi connectivity index (χ1n) is 14.7. The number of benzene rings is 3. The Labute approximate surface area is 251 Å². The Hall–Kier alpha value is -4.70. The number of hydrogen-bond donors (Lipinski definition) is 4. The molecule has 1 fully saturated rings. The summed E-state index contributed by atoms with van der Waals surface area (Å²) >= 11 is 0. The molecule has 1 heterocycles. The van der Waals surface area contributed by atoms with Crippen LogP contribution >= 0.6 is 0 Å². The molecule has 1 aliphatic heterocycles. The summed E-state index contributed by atoms with van der Waals surface area (Å²) in [6, 6.07) is 19.9. The van der Waals surface area contributed by atoms with E-state index in [1.165, 1.54) is 0 Å². The lowest BCUT2D eigenvalue weighted by molar-refractivity contribution is -0.121. The fourth-order valence-electron chi connectivity index (χ4n) is 4.89. The Bertz CT molecular complexity index is 1470.